The molecule has 1 amide bonds. The number of hydrogen-bond acceptors (Lipinski definition) is 4. The third kappa shape index (κ3) is 3.19. The van der Waals surface area contributed by atoms with Crippen molar-refractivity contribution in [3.05, 3.63) is 29.3 Å². The molecule has 0 spiro atoms. The molecule has 1 aliphatic heterocycles. The van der Waals surface area contributed by atoms with Crippen molar-refractivity contribution >= 4 is 23.5 Å². The highest BCUT2D eigenvalue weighted by molar-refractivity contribution is 6.01. The minimum atomic E-state index is -1.25. The second kappa shape index (κ2) is 5.53. The number of benzene rings is 1. The van der Waals surface area contributed by atoms with E-state index >= 15 is 0 Å². The van der Waals surface area contributed by atoms with E-state index in [1.54, 1.807) is 6.92 Å². The molecule has 1 aromatic carbocycles. The lowest BCUT2D eigenvalue weighted by Gasteiger charge is -2.23. The maximum atomic E-state index is 12.2. The summed E-state index contributed by atoms with van der Waals surface area (Å²) in [5.74, 6) is -2.81. The van der Waals surface area contributed by atoms with Crippen LogP contribution in [0.4, 0.5) is 5.69 Å². The molecule has 7 heteroatoms. The van der Waals surface area contributed by atoms with Crippen LogP contribution in [-0.2, 0) is 4.79 Å². The van der Waals surface area contributed by atoms with Gasteiger partial charge >= 0.3 is 11.9 Å². The number of carboxylic acid groups (broad SMARTS) is 2. The Labute approximate surface area is 121 Å². The van der Waals surface area contributed by atoms with E-state index in [0.29, 0.717) is 6.42 Å². The van der Waals surface area contributed by atoms with E-state index in [1.165, 1.54) is 12.1 Å². The van der Waals surface area contributed by atoms with Gasteiger partial charge in [-0.2, -0.15) is 0 Å². The van der Waals surface area contributed by atoms with Gasteiger partial charge in [-0.25, -0.2) is 9.59 Å². The topological polar surface area (TPSA) is 116 Å². The lowest BCUT2D eigenvalue weighted by atomic mass is 9.99. The molecule has 1 saturated heterocycles. The molecule has 7 nitrogen and oxygen atoms in total. The van der Waals surface area contributed by atoms with E-state index in [2.05, 4.69) is 10.6 Å². The average molecular weight is 292 g/mol. The Morgan fingerprint density at radius 2 is 1.71 bits per heavy atom. The first-order valence-electron chi connectivity index (χ1n) is 6.50. The highest BCUT2D eigenvalue weighted by Crippen LogP contribution is 2.22. The number of carboxylic acids is 2. The van der Waals surface area contributed by atoms with Crippen molar-refractivity contribution in [1.29, 1.82) is 0 Å². The van der Waals surface area contributed by atoms with Gasteiger partial charge < -0.3 is 20.8 Å². The van der Waals surface area contributed by atoms with E-state index in [1.807, 2.05) is 0 Å². The van der Waals surface area contributed by atoms with Crippen LogP contribution < -0.4 is 10.6 Å². The Balaban J connectivity index is 2.28. The van der Waals surface area contributed by atoms with Crippen LogP contribution in [0.15, 0.2) is 18.2 Å². The normalized spacial score (nSPS) is 21.0. The number of carbonyl (C=O) groups excluding carboxylic acids is 1. The zero-order valence-corrected chi connectivity index (χ0v) is 11.5. The first-order chi connectivity index (χ1) is 9.82. The van der Waals surface area contributed by atoms with E-state index in [9.17, 15) is 14.4 Å². The van der Waals surface area contributed by atoms with Crippen molar-refractivity contribution in [2.45, 2.75) is 25.3 Å². The molecule has 21 heavy (non-hydrogen) atoms. The van der Waals surface area contributed by atoms with E-state index in [-0.39, 0.29) is 22.7 Å². The number of carbonyl (C=O) groups is 3. The molecule has 0 aliphatic carbocycles. The van der Waals surface area contributed by atoms with E-state index in [0.717, 1.165) is 19.0 Å². The van der Waals surface area contributed by atoms with Crippen molar-refractivity contribution in [3.63, 3.8) is 0 Å². The van der Waals surface area contributed by atoms with Gasteiger partial charge in [-0.3, -0.25) is 4.79 Å². The number of rotatable bonds is 4. The summed E-state index contributed by atoms with van der Waals surface area (Å²) < 4.78 is 0. The quantitative estimate of drug-likeness (QED) is 0.662. The molecule has 2 rings (SSSR count). The summed E-state index contributed by atoms with van der Waals surface area (Å²) in [6.07, 6.45) is 1.54. The largest absolute Gasteiger partial charge is 0.478 e. The van der Waals surface area contributed by atoms with E-state index in [4.69, 9.17) is 10.2 Å². The first kappa shape index (κ1) is 15.0. The van der Waals surface area contributed by atoms with Gasteiger partial charge in [-0.15, -0.1) is 0 Å². The van der Waals surface area contributed by atoms with Gasteiger partial charge in [0.2, 0.25) is 5.91 Å². The molecule has 0 aromatic heterocycles. The standard InChI is InChI=1S/C14H16N2O5/c1-14(3-2-4-15-14)13(21)16-10-6-8(11(17)18)5-9(7-10)12(19)20/h5-7,15H,2-4H2,1H3,(H,16,21)(H,17,18)(H,19,20). The van der Waals surface area contributed by atoms with Crippen LogP contribution in [-0.4, -0.2) is 40.1 Å². The van der Waals surface area contributed by atoms with Crippen LogP contribution in [0.1, 0.15) is 40.5 Å². The molecule has 1 fully saturated rings. The number of nitrogens with one attached hydrogen (secondary N) is 2. The average Bonchev–Trinajstić information content (AvgIpc) is 2.86. The van der Waals surface area contributed by atoms with Gasteiger partial charge in [0, 0.05) is 5.69 Å². The first-order valence-corrected chi connectivity index (χ1v) is 6.50. The maximum Gasteiger partial charge on any atom is 0.335 e. The molecule has 112 valence electrons. The van der Waals surface area contributed by atoms with Gasteiger partial charge in [0.25, 0.3) is 0 Å². The molecule has 4 N–H and O–H groups in total. The lowest BCUT2D eigenvalue weighted by Crippen LogP contribution is -2.48. The summed E-state index contributed by atoms with van der Waals surface area (Å²) in [7, 11) is 0. The van der Waals surface area contributed by atoms with Gasteiger partial charge in [-0.1, -0.05) is 0 Å². The van der Waals surface area contributed by atoms with Crippen molar-refractivity contribution < 1.29 is 24.6 Å². The molecule has 1 atom stereocenters. The summed E-state index contributed by atoms with van der Waals surface area (Å²) in [6, 6.07) is 3.53. The molecule has 1 aromatic rings. The molecule has 1 aliphatic rings. The summed E-state index contributed by atoms with van der Waals surface area (Å²) in [6.45, 7) is 2.49. The van der Waals surface area contributed by atoms with Crippen molar-refractivity contribution in [3.8, 4) is 0 Å². The number of hydrogen-bond donors (Lipinski definition) is 4. The predicted octanol–water partition coefficient (Wildman–Crippen LogP) is 1.16. The summed E-state index contributed by atoms with van der Waals surface area (Å²) in [5.41, 5.74) is -0.931. The van der Waals surface area contributed by atoms with Gasteiger partial charge in [0.1, 0.15) is 0 Å². The lowest BCUT2D eigenvalue weighted by molar-refractivity contribution is -0.121. The molecule has 0 radical (unpaired) electrons. The van der Waals surface area contributed by atoms with Crippen molar-refractivity contribution in [2.75, 3.05) is 11.9 Å². The van der Waals surface area contributed by atoms with Crippen LogP contribution in [0.5, 0.6) is 0 Å². The minimum absolute atomic E-state index is 0.159. The van der Waals surface area contributed by atoms with Crippen LogP contribution in [0, 0.1) is 0 Å². The van der Waals surface area contributed by atoms with Crippen LogP contribution in [0.3, 0.4) is 0 Å². The molecule has 1 heterocycles. The smallest absolute Gasteiger partial charge is 0.335 e. The fraction of sp³-hybridized carbons (Fsp3) is 0.357. The van der Waals surface area contributed by atoms with Crippen LogP contribution in [0.2, 0.25) is 0 Å². The summed E-state index contributed by atoms with van der Waals surface area (Å²) in [4.78, 5) is 34.3. The van der Waals surface area contributed by atoms with Crippen LogP contribution in [0.25, 0.3) is 0 Å². The Bertz CT molecular complexity index is 573. The summed E-state index contributed by atoms with van der Waals surface area (Å²) in [5, 5.41) is 23.7. The number of anilines is 1. The van der Waals surface area contributed by atoms with Crippen LogP contribution >= 0.6 is 0 Å². The minimum Gasteiger partial charge on any atom is -0.478 e. The highest BCUT2D eigenvalue weighted by Gasteiger charge is 2.35. The van der Waals surface area contributed by atoms with Gasteiger partial charge in [0.15, 0.2) is 0 Å². The maximum absolute atomic E-state index is 12.2. The number of aromatic carboxylic acids is 2. The molecule has 0 saturated carbocycles. The van der Waals surface area contributed by atoms with Crippen molar-refractivity contribution in [1.82, 2.24) is 5.32 Å². The molecular weight excluding hydrogens is 276 g/mol. The van der Waals surface area contributed by atoms with Gasteiger partial charge in [0.05, 0.1) is 16.7 Å². The Kier molecular flexibility index (Phi) is 3.95. The second-order valence-corrected chi connectivity index (χ2v) is 5.23. The van der Waals surface area contributed by atoms with Crippen molar-refractivity contribution in [2.24, 2.45) is 0 Å². The fourth-order valence-electron chi connectivity index (χ4n) is 2.30. The van der Waals surface area contributed by atoms with Gasteiger partial charge in [-0.05, 0) is 44.5 Å². The fourth-order valence-corrected chi connectivity index (χ4v) is 2.30. The SMILES string of the molecule is CC1(C(=O)Nc2cc(C(=O)O)cc(C(=O)O)c2)CCCN1. The monoisotopic (exact) mass is 292 g/mol. The predicted molar refractivity (Wildman–Crippen MR) is 74.6 cm³/mol. The third-order valence-electron chi connectivity index (χ3n) is 3.55. The highest BCUT2D eigenvalue weighted by atomic mass is 16.4. The Morgan fingerprint density at radius 1 is 1.14 bits per heavy atom. The molecule has 1 unspecified atom stereocenters. The number of amides is 1. The molecule has 0 bridgehead atoms. The molecular formula is C14H16N2O5. The second-order valence-electron chi connectivity index (χ2n) is 5.23. The Morgan fingerprint density at radius 3 is 2.14 bits per heavy atom. The summed E-state index contributed by atoms with van der Waals surface area (Å²) >= 11 is 0. The zero-order chi connectivity index (χ0) is 15.6. The van der Waals surface area contributed by atoms with E-state index < -0.39 is 17.5 Å². The third-order valence-corrected chi connectivity index (χ3v) is 3.55. The zero-order valence-electron chi connectivity index (χ0n) is 11.5. The Hall–Kier alpha value is -2.41.